The van der Waals surface area contributed by atoms with Crippen LogP contribution >= 0.6 is 24.0 Å². The molecular formula is C20H27FIN3O2. The van der Waals surface area contributed by atoms with Gasteiger partial charge < -0.3 is 20.1 Å². The van der Waals surface area contributed by atoms with Gasteiger partial charge in [-0.2, -0.15) is 0 Å². The molecule has 0 spiro atoms. The lowest BCUT2D eigenvalue weighted by Gasteiger charge is -2.18. The first-order valence-electron chi connectivity index (χ1n) is 8.66. The fourth-order valence-corrected chi connectivity index (χ4v) is 2.27. The summed E-state index contributed by atoms with van der Waals surface area (Å²) >= 11 is 0. The predicted octanol–water partition coefficient (Wildman–Crippen LogP) is 3.59. The maximum absolute atomic E-state index is 13.6. The molecule has 0 amide bonds. The SMILES string of the molecule is CN=C(NCCOCc1ccccc1)NCC(C)Oc1ccccc1F.I. The molecule has 0 aliphatic heterocycles. The number of benzene rings is 2. The highest BCUT2D eigenvalue weighted by Crippen LogP contribution is 2.16. The van der Waals surface area contributed by atoms with E-state index < -0.39 is 0 Å². The highest BCUT2D eigenvalue weighted by atomic mass is 127. The van der Waals surface area contributed by atoms with Gasteiger partial charge >= 0.3 is 0 Å². The van der Waals surface area contributed by atoms with Crippen molar-refractivity contribution in [1.29, 1.82) is 0 Å². The number of para-hydroxylation sites is 1. The van der Waals surface area contributed by atoms with Crippen LogP contribution in [0.15, 0.2) is 59.6 Å². The molecule has 0 aliphatic rings. The van der Waals surface area contributed by atoms with E-state index in [1.54, 1.807) is 25.2 Å². The predicted molar refractivity (Wildman–Crippen MR) is 117 cm³/mol. The van der Waals surface area contributed by atoms with E-state index in [9.17, 15) is 4.39 Å². The van der Waals surface area contributed by atoms with Crippen molar-refractivity contribution in [2.75, 3.05) is 26.7 Å². The van der Waals surface area contributed by atoms with Crippen LogP contribution in [-0.4, -0.2) is 38.8 Å². The summed E-state index contributed by atoms with van der Waals surface area (Å²) in [5.41, 5.74) is 1.15. The summed E-state index contributed by atoms with van der Waals surface area (Å²) in [7, 11) is 1.70. The Morgan fingerprint density at radius 3 is 2.48 bits per heavy atom. The topological polar surface area (TPSA) is 54.9 Å². The Hall–Kier alpha value is -1.87. The molecule has 0 radical (unpaired) electrons. The number of nitrogens with zero attached hydrogens (tertiary/aromatic N) is 1. The van der Waals surface area contributed by atoms with Gasteiger partial charge in [0.25, 0.3) is 0 Å². The first-order chi connectivity index (χ1) is 12.7. The Labute approximate surface area is 177 Å². The van der Waals surface area contributed by atoms with Crippen LogP contribution in [-0.2, 0) is 11.3 Å². The van der Waals surface area contributed by atoms with Crippen molar-refractivity contribution in [2.45, 2.75) is 19.6 Å². The average Bonchev–Trinajstić information content (AvgIpc) is 2.66. The summed E-state index contributed by atoms with van der Waals surface area (Å²) < 4.78 is 24.8. The standard InChI is InChI=1S/C20H26FN3O2.HI/c1-16(26-19-11-7-6-10-18(19)21)14-24-20(22-2)23-12-13-25-15-17-8-4-3-5-9-17;/h3-11,16H,12-15H2,1-2H3,(H2,22,23,24);1H. The third kappa shape index (κ3) is 9.05. The van der Waals surface area contributed by atoms with Gasteiger partial charge in [0.05, 0.1) is 19.8 Å². The van der Waals surface area contributed by atoms with Crippen molar-refractivity contribution in [3.8, 4) is 5.75 Å². The molecular weight excluding hydrogens is 460 g/mol. The Morgan fingerprint density at radius 2 is 1.78 bits per heavy atom. The lowest BCUT2D eigenvalue weighted by Crippen LogP contribution is -2.42. The van der Waals surface area contributed by atoms with E-state index in [0.29, 0.717) is 32.3 Å². The third-order valence-electron chi connectivity index (χ3n) is 3.60. The number of aliphatic imine (C=N–C) groups is 1. The van der Waals surface area contributed by atoms with Crippen molar-refractivity contribution >= 4 is 29.9 Å². The Morgan fingerprint density at radius 1 is 1.07 bits per heavy atom. The summed E-state index contributed by atoms with van der Waals surface area (Å²) in [5.74, 6) is 0.536. The maximum atomic E-state index is 13.6. The number of ether oxygens (including phenoxy) is 2. The van der Waals surface area contributed by atoms with Crippen LogP contribution in [0, 0.1) is 5.82 Å². The van der Waals surface area contributed by atoms with Crippen LogP contribution in [0.3, 0.4) is 0 Å². The maximum Gasteiger partial charge on any atom is 0.191 e. The van der Waals surface area contributed by atoms with Gasteiger partial charge in [-0.05, 0) is 24.6 Å². The zero-order chi connectivity index (χ0) is 18.6. The van der Waals surface area contributed by atoms with Gasteiger partial charge in [0.2, 0.25) is 0 Å². The Balaban J connectivity index is 0.00000364. The highest BCUT2D eigenvalue weighted by molar-refractivity contribution is 14.0. The second-order valence-corrected chi connectivity index (χ2v) is 5.78. The number of nitrogens with one attached hydrogen (secondary N) is 2. The Bertz CT molecular complexity index is 686. The summed E-state index contributed by atoms with van der Waals surface area (Å²) in [6, 6.07) is 16.4. The largest absolute Gasteiger partial charge is 0.486 e. The van der Waals surface area contributed by atoms with Gasteiger partial charge in [0.1, 0.15) is 6.10 Å². The third-order valence-corrected chi connectivity index (χ3v) is 3.60. The smallest absolute Gasteiger partial charge is 0.191 e. The fourth-order valence-electron chi connectivity index (χ4n) is 2.27. The van der Waals surface area contributed by atoms with Crippen molar-refractivity contribution in [3.63, 3.8) is 0 Å². The van der Waals surface area contributed by atoms with Crippen LogP contribution in [0.4, 0.5) is 4.39 Å². The van der Waals surface area contributed by atoms with E-state index >= 15 is 0 Å². The van der Waals surface area contributed by atoms with E-state index in [0.717, 1.165) is 5.56 Å². The second kappa shape index (κ2) is 13.3. The van der Waals surface area contributed by atoms with E-state index in [-0.39, 0.29) is 41.6 Å². The molecule has 0 fully saturated rings. The number of halogens is 2. The van der Waals surface area contributed by atoms with E-state index in [1.165, 1.54) is 6.07 Å². The minimum absolute atomic E-state index is 0. The Kier molecular flexibility index (Phi) is 11.4. The second-order valence-electron chi connectivity index (χ2n) is 5.78. The van der Waals surface area contributed by atoms with Gasteiger partial charge in [-0.25, -0.2) is 4.39 Å². The minimum atomic E-state index is -0.363. The van der Waals surface area contributed by atoms with Crippen molar-refractivity contribution < 1.29 is 13.9 Å². The lowest BCUT2D eigenvalue weighted by atomic mass is 10.2. The normalized spacial score (nSPS) is 12.0. The monoisotopic (exact) mass is 487 g/mol. The molecule has 1 unspecified atom stereocenters. The summed E-state index contributed by atoms with van der Waals surface area (Å²) in [6.45, 7) is 4.16. The zero-order valence-corrected chi connectivity index (χ0v) is 18.0. The van der Waals surface area contributed by atoms with E-state index in [4.69, 9.17) is 9.47 Å². The molecule has 5 nitrogen and oxygen atoms in total. The summed E-state index contributed by atoms with van der Waals surface area (Å²) in [4.78, 5) is 4.15. The van der Waals surface area contributed by atoms with Crippen LogP contribution in [0.25, 0.3) is 0 Å². The van der Waals surface area contributed by atoms with Crippen LogP contribution < -0.4 is 15.4 Å². The molecule has 2 aromatic carbocycles. The number of hydrogen-bond acceptors (Lipinski definition) is 3. The highest BCUT2D eigenvalue weighted by Gasteiger charge is 2.08. The molecule has 27 heavy (non-hydrogen) atoms. The molecule has 7 heteroatoms. The van der Waals surface area contributed by atoms with Crippen LogP contribution in [0.1, 0.15) is 12.5 Å². The summed E-state index contributed by atoms with van der Waals surface area (Å²) in [5, 5.41) is 6.32. The van der Waals surface area contributed by atoms with Gasteiger partial charge in [-0.15, -0.1) is 24.0 Å². The van der Waals surface area contributed by atoms with Crippen LogP contribution in [0.5, 0.6) is 5.75 Å². The average molecular weight is 487 g/mol. The molecule has 0 aliphatic carbocycles. The minimum Gasteiger partial charge on any atom is -0.486 e. The van der Waals surface area contributed by atoms with Gasteiger partial charge in [0.15, 0.2) is 17.5 Å². The molecule has 2 N–H and O–H groups in total. The molecule has 0 heterocycles. The van der Waals surface area contributed by atoms with Crippen molar-refractivity contribution in [1.82, 2.24) is 10.6 Å². The first-order valence-corrected chi connectivity index (χ1v) is 8.66. The lowest BCUT2D eigenvalue weighted by molar-refractivity contribution is 0.125. The zero-order valence-electron chi connectivity index (χ0n) is 15.7. The van der Waals surface area contributed by atoms with Gasteiger partial charge in [0, 0.05) is 13.6 Å². The van der Waals surface area contributed by atoms with Gasteiger partial charge in [-0.1, -0.05) is 42.5 Å². The van der Waals surface area contributed by atoms with Crippen molar-refractivity contribution in [2.24, 2.45) is 4.99 Å². The number of hydrogen-bond donors (Lipinski definition) is 2. The fraction of sp³-hybridized carbons (Fsp3) is 0.350. The quantitative estimate of drug-likeness (QED) is 0.246. The molecule has 0 saturated heterocycles. The molecule has 148 valence electrons. The summed E-state index contributed by atoms with van der Waals surface area (Å²) in [6.07, 6.45) is -0.209. The first kappa shape index (κ1) is 23.2. The number of rotatable bonds is 9. The molecule has 0 aromatic heterocycles. The van der Waals surface area contributed by atoms with Crippen molar-refractivity contribution in [3.05, 3.63) is 66.0 Å². The molecule has 1 atom stereocenters. The number of guanidine groups is 1. The molecule has 0 bridgehead atoms. The van der Waals surface area contributed by atoms with Crippen LogP contribution in [0.2, 0.25) is 0 Å². The molecule has 0 saturated carbocycles. The molecule has 2 aromatic rings. The molecule has 2 rings (SSSR count). The van der Waals surface area contributed by atoms with E-state index in [1.807, 2.05) is 37.3 Å². The van der Waals surface area contributed by atoms with Gasteiger partial charge in [-0.3, -0.25) is 4.99 Å². The van der Waals surface area contributed by atoms with E-state index in [2.05, 4.69) is 15.6 Å².